The predicted molar refractivity (Wildman–Crippen MR) is 134 cm³/mol. The average molecular weight is 563 g/mol. The van der Waals surface area contributed by atoms with E-state index in [0.717, 1.165) is 19.3 Å². The molecule has 3 heterocycles. The van der Waals surface area contributed by atoms with Crippen molar-refractivity contribution in [1.29, 1.82) is 0 Å². The van der Waals surface area contributed by atoms with Crippen molar-refractivity contribution in [3.05, 3.63) is 0 Å². The van der Waals surface area contributed by atoms with Crippen molar-refractivity contribution in [2.45, 2.75) is 145 Å². The van der Waals surface area contributed by atoms with Crippen LogP contribution in [0.15, 0.2) is 0 Å². The normalized spacial score (nSPS) is 47.6. The van der Waals surface area contributed by atoms with Crippen LogP contribution in [0.1, 0.15) is 65.7 Å². The van der Waals surface area contributed by atoms with Crippen LogP contribution in [-0.4, -0.2) is 124 Å². The van der Waals surface area contributed by atoms with Gasteiger partial charge in [0.2, 0.25) is 0 Å². The molecule has 5 N–H and O–H groups in total. The van der Waals surface area contributed by atoms with E-state index < -0.39 is 86.3 Å². The maximum absolute atomic E-state index is 12.5. The van der Waals surface area contributed by atoms with Gasteiger partial charge in [-0.15, -0.1) is 0 Å². The molecule has 4 rings (SSSR count). The van der Waals surface area contributed by atoms with Gasteiger partial charge >= 0.3 is 0 Å². The van der Waals surface area contributed by atoms with Crippen molar-refractivity contribution in [3.63, 3.8) is 0 Å². The highest BCUT2D eigenvalue weighted by atomic mass is 16.7. The van der Waals surface area contributed by atoms with E-state index in [1.54, 1.807) is 13.8 Å². The van der Waals surface area contributed by atoms with E-state index >= 15 is 0 Å². The number of hydrogen-bond acceptors (Lipinski definition) is 12. The molecule has 14 unspecified atom stereocenters. The van der Waals surface area contributed by atoms with Gasteiger partial charge in [-0.2, -0.15) is 0 Å². The zero-order chi connectivity index (χ0) is 28.3. The zero-order valence-electron chi connectivity index (χ0n) is 23.0. The van der Waals surface area contributed by atoms with E-state index in [2.05, 4.69) is 0 Å². The summed E-state index contributed by atoms with van der Waals surface area (Å²) in [6.45, 7) is 5.23. The summed E-state index contributed by atoms with van der Waals surface area (Å²) in [6.07, 6.45) is -8.41. The second kappa shape index (κ2) is 13.9. The minimum absolute atomic E-state index is 0.0542. The average Bonchev–Trinajstić information content (AvgIpc) is 2.92. The van der Waals surface area contributed by atoms with Crippen LogP contribution in [0.3, 0.4) is 0 Å². The fourth-order valence-corrected chi connectivity index (χ4v) is 6.14. The van der Waals surface area contributed by atoms with Crippen LogP contribution in [0.4, 0.5) is 0 Å². The number of rotatable bonds is 8. The predicted octanol–water partition coefficient (Wildman–Crippen LogP) is -0.216. The first-order valence-corrected chi connectivity index (χ1v) is 14.4. The Morgan fingerprint density at radius 3 is 2.31 bits per heavy atom. The lowest BCUT2D eigenvalue weighted by molar-refractivity contribution is -0.354. The summed E-state index contributed by atoms with van der Waals surface area (Å²) in [7, 11) is 0. The lowest BCUT2D eigenvalue weighted by atomic mass is 9.82. The Kier molecular flexibility index (Phi) is 11.1. The van der Waals surface area contributed by atoms with Crippen molar-refractivity contribution in [2.75, 3.05) is 13.2 Å². The van der Waals surface area contributed by atoms with Crippen LogP contribution in [-0.2, 0) is 33.2 Å². The molecule has 1 aliphatic carbocycles. The molecule has 0 radical (unpaired) electrons. The molecule has 0 amide bonds. The third-order valence-electron chi connectivity index (χ3n) is 8.58. The molecule has 3 aliphatic heterocycles. The first-order chi connectivity index (χ1) is 18.7. The summed E-state index contributed by atoms with van der Waals surface area (Å²) in [5, 5.41) is 51.9. The monoisotopic (exact) mass is 562 g/mol. The topological polar surface area (TPSA) is 174 Å². The maximum atomic E-state index is 12.5. The number of fused-ring (bicyclic) bond motifs is 1. The number of carbonyl (C=O) groups is 1. The van der Waals surface area contributed by atoms with Crippen molar-refractivity contribution >= 4 is 5.78 Å². The summed E-state index contributed by atoms with van der Waals surface area (Å²) in [5.41, 5.74) is 0. The van der Waals surface area contributed by atoms with Gasteiger partial charge in [-0.25, -0.2) is 0 Å². The van der Waals surface area contributed by atoms with Gasteiger partial charge in [-0.1, -0.05) is 26.7 Å². The number of aliphatic hydroxyl groups excluding tert-OH is 5. The van der Waals surface area contributed by atoms with E-state index in [1.807, 2.05) is 6.92 Å². The van der Waals surface area contributed by atoms with Crippen molar-refractivity contribution < 1.29 is 58.7 Å². The van der Waals surface area contributed by atoms with Crippen molar-refractivity contribution in [2.24, 2.45) is 5.92 Å². The number of carbonyl (C=O) groups excluding carboxylic acids is 1. The van der Waals surface area contributed by atoms with E-state index in [0.29, 0.717) is 32.3 Å². The third kappa shape index (κ3) is 6.83. The molecule has 0 bridgehead atoms. The molecular weight excluding hydrogens is 516 g/mol. The highest BCUT2D eigenvalue weighted by Gasteiger charge is 2.52. The van der Waals surface area contributed by atoms with Gasteiger partial charge in [0.25, 0.3) is 0 Å². The van der Waals surface area contributed by atoms with Crippen molar-refractivity contribution in [1.82, 2.24) is 0 Å². The SMILES string of the molecule is CCC(=O)C1CCCOC2C(OC3CCCC(CC)C3OC3OC(C)C(O)C(O)C3O)OC(CO)C(O)C2O1. The van der Waals surface area contributed by atoms with Crippen LogP contribution >= 0.6 is 0 Å². The van der Waals surface area contributed by atoms with E-state index in [-0.39, 0.29) is 11.7 Å². The van der Waals surface area contributed by atoms with Crippen LogP contribution in [0.2, 0.25) is 0 Å². The molecule has 14 atom stereocenters. The molecule has 4 aliphatic rings. The Morgan fingerprint density at radius 1 is 0.846 bits per heavy atom. The smallest absolute Gasteiger partial charge is 0.187 e. The Bertz CT molecular complexity index is 784. The molecule has 3 saturated heterocycles. The number of aliphatic hydroxyl groups is 5. The number of hydrogen-bond donors (Lipinski definition) is 5. The third-order valence-corrected chi connectivity index (χ3v) is 8.58. The van der Waals surface area contributed by atoms with Crippen LogP contribution in [0, 0.1) is 5.92 Å². The Balaban J connectivity index is 1.54. The van der Waals surface area contributed by atoms with Crippen LogP contribution in [0.25, 0.3) is 0 Å². The minimum atomic E-state index is -1.45. The lowest BCUT2D eigenvalue weighted by Crippen LogP contribution is -2.64. The molecule has 12 nitrogen and oxygen atoms in total. The fourth-order valence-electron chi connectivity index (χ4n) is 6.14. The molecule has 0 aromatic heterocycles. The second-order valence-electron chi connectivity index (χ2n) is 11.2. The van der Waals surface area contributed by atoms with Crippen LogP contribution < -0.4 is 0 Å². The van der Waals surface area contributed by atoms with Gasteiger partial charge in [0.05, 0.1) is 24.9 Å². The molecule has 39 heavy (non-hydrogen) atoms. The van der Waals surface area contributed by atoms with Gasteiger partial charge in [-0.05, 0) is 38.5 Å². The maximum Gasteiger partial charge on any atom is 0.187 e. The quantitative estimate of drug-likeness (QED) is 0.264. The minimum Gasteiger partial charge on any atom is -0.394 e. The highest BCUT2D eigenvalue weighted by molar-refractivity contribution is 5.82. The molecule has 0 aromatic carbocycles. The second-order valence-corrected chi connectivity index (χ2v) is 11.2. The zero-order valence-corrected chi connectivity index (χ0v) is 23.0. The molecule has 12 heteroatoms. The highest BCUT2D eigenvalue weighted by Crippen LogP contribution is 2.38. The molecule has 226 valence electrons. The van der Waals surface area contributed by atoms with Crippen LogP contribution in [0.5, 0.6) is 0 Å². The fraction of sp³-hybridized carbons (Fsp3) is 0.963. The molecule has 0 spiro atoms. The standard InChI is InChI=1S/C27H46O12/c1-4-14-8-6-9-17(23(14)39-26-22(33)21(32)19(30)13(3)35-26)37-27-25-24(20(31)18(12-28)38-27)36-16(15(29)5-2)10-7-11-34-25/h13-14,16-28,30-33H,4-12H2,1-3H3. The van der Waals surface area contributed by atoms with Gasteiger partial charge in [-0.3, -0.25) is 4.79 Å². The Labute approximate surface area is 229 Å². The molecule has 1 saturated carbocycles. The molecular formula is C27H46O12. The first-order valence-electron chi connectivity index (χ1n) is 14.4. The summed E-state index contributed by atoms with van der Waals surface area (Å²) in [5.74, 6) is -0.00927. The van der Waals surface area contributed by atoms with E-state index in [4.69, 9.17) is 28.4 Å². The molecule has 4 fully saturated rings. The molecule has 0 aromatic rings. The van der Waals surface area contributed by atoms with Gasteiger partial charge in [0, 0.05) is 13.0 Å². The summed E-state index contributed by atoms with van der Waals surface area (Å²) in [6, 6.07) is 0. The summed E-state index contributed by atoms with van der Waals surface area (Å²) >= 11 is 0. The largest absolute Gasteiger partial charge is 0.394 e. The van der Waals surface area contributed by atoms with Gasteiger partial charge < -0.3 is 54.0 Å². The van der Waals surface area contributed by atoms with Gasteiger partial charge in [0.1, 0.15) is 48.8 Å². The number of ketones is 1. The van der Waals surface area contributed by atoms with Gasteiger partial charge in [0.15, 0.2) is 18.4 Å². The Hall–Kier alpha value is -0.770. The summed E-state index contributed by atoms with van der Waals surface area (Å²) < 4.78 is 36.7. The van der Waals surface area contributed by atoms with E-state index in [9.17, 15) is 30.3 Å². The van der Waals surface area contributed by atoms with Crippen molar-refractivity contribution in [3.8, 4) is 0 Å². The lowest BCUT2D eigenvalue weighted by Gasteiger charge is -2.48. The Morgan fingerprint density at radius 2 is 1.62 bits per heavy atom. The summed E-state index contributed by atoms with van der Waals surface area (Å²) in [4.78, 5) is 12.5. The van der Waals surface area contributed by atoms with E-state index in [1.165, 1.54) is 0 Å². The number of Topliss-reactive ketones (excluding diaryl/α,β-unsaturated/α-hetero) is 1. The first kappa shape index (κ1) is 31.2. The number of ether oxygens (including phenoxy) is 6.